The predicted octanol–water partition coefficient (Wildman–Crippen LogP) is 2.84. The number of hydrogen-bond donors (Lipinski definition) is 3. The molecule has 1 aromatic rings. The number of benzene rings is 1. The molecular formula is C19H28F3IN4O3. The normalized spacial score (nSPS) is 13.8. The lowest BCUT2D eigenvalue weighted by Crippen LogP contribution is -2.41. The Balaban J connectivity index is 0.00000450. The van der Waals surface area contributed by atoms with Crippen LogP contribution in [0.3, 0.4) is 0 Å². The lowest BCUT2D eigenvalue weighted by Gasteiger charge is -2.14. The Morgan fingerprint density at radius 3 is 2.47 bits per heavy atom. The fourth-order valence-corrected chi connectivity index (χ4v) is 2.46. The fourth-order valence-electron chi connectivity index (χ4n) is 2.46. The number of carbonyl (C=O) groups is 1. The van der Waals surface area contributed by atoms with Crippen LogP contribution >= 0.6 is 24.0 Å². The molecule has 1 aliphatic carbocycles. The molecule has 1 amide bonds. The molecule has 1 aromatic carbocycles. The maximum Gasteiger partial charge on any atom is 0.422 e. The highest BCUT2D eigenvalue weighted by Crippen LogP contribution is 2.30. The van der Waals surface area contributed by atoms with Gasteiger partial charge in [0.1, 0.15) is 0 Å². The number of hydrogen-bond acceptors (Lipinski definition) is 4. The number of methoxy groups -OCH3 is 1. The summed E-state index contributed by atoms with van der Waals surface area (Å²) in [5.74, 6) is 1.07. The molecule has 1 saturated carbocycles. The van der Waals surface area contributed by atoms with Gasteiger partial charge in [-0.15, -0.1) is 24.0 Å². The highest BCUT2D eigenvalue weighted by molar-refractivity contribution is 14.0. The van der Waals surface area contributed by atoms with E-state index in [4.69, 9.17) is 9.47 Å². The van der Waals surface area contributed by atoms with Crippen molar-refractivity contribution < 1.29 is 27.4 Å². The Bertz CT molecular complexity index is 713. The maximum absolute atomic E-state index is 12.3. The minimum atomic E-state index is -4.42. The van der Waals surface area contributed by atoms with Crippen LogP contribution in [0.4, 0.5) is 13.2 Å². The van der Waals surface area contributed by atoms with Crippen molar-refractivity contribution in [3.63, 3.8) is 0 Å². The van der Waals surface area contributed by atoms with Gasteiger partial charge in [-0.1, -0.05) is 6.07 Å². The Morgan fingerprint density at radius 1 is 1.17 bits per heavy atom. The van der Waals surface area contributed by atoms with E-state index >= 15 is 0 Å². The van der Waals surface area contributed by atoms with Gasteiger partial charge in [-0.25, -0.2) is 4.99 Å². The molecule has 1 aliphatic rings. The van der Waals surface area contributed by atoms with Gasteiger partial charge < -0.3 is 25.4 Å². The summed E-state index contributed by atoms with van der Waals surface area (Å²) in [6, 6.07) is 4.66. The van der Waals surface area contributed by atoms with E-state index in [1.807, 2.05) is 6.92 Å². The highest BCUT2D eigenvalue weighted by atomic mass is 127. The van der Waals surface area contributed by atoms with E-state index < -0.39 is 12.8 Å². The maximum atomic E-state index is 12.3. The van der Waals surface area contributed by atoms with E-state index in [-0.39, 0.29) is 47.3 Å². The molecule has 170 valence electrons. The number of carbonyl (C=O) groups excluding carboxylic acids is 1. The molecule has 30 heavy (non-hydrogen) atoms. The summed E-state index contributed by atoms with van der Waals surface area (Å²) < 4.78 is 46.9. The Hall–Kier alpha value is -1.92. The average Bonchev–Trinajstić information content (AvgIpc) is 3.52. The molecule has 0 heterocycles. The number of amides is 1. The number of aliphatic imine (C=N–C) groups is 1. The molecule has 0 saturated heterocycles. The molecular weight excluding hydrogens is 516 g/mol. The molecule has 0 radical (unpaired) electrons. The van der Waals surface area contributed by atoms with E-state index in [1.165, 1.54) is 13.2 Å². The van der Waals surface area contributed by atoms with Crippen LogP contribution in [0.25, 0.3) is 0 Å². The van der Waals surface area contributed by atoms with Gasteiger partial charge in [-0.3, -0.25) is 4.79 Å². The van der Waals surface area contributed by atoms with Crippen molar-refractivity contribution in [2.45, 2.75) is 32.5 Å². The third kappa shape index (κ3) is 9.72. The van der Waals surface area contributed by atoms with Crippen molar-refractivity contribution in [2.75, 3.05) is 33.4 Å². The monoisotopic (exact) mass is 544 g/mol. The highest BCUT2D eigenvalue weighted by Gasteiger charge is 2.29. The molecule has 1 fully saturated rings. The zero-order valence-electron chi connectivity index (χ0n) is 17.0. The summed E-state index contributed by atoms with van der Waals surface area (Å²) in [4.78, 5) is 16.1. The summed E-state index contributed by atoms with van der Waals surface area (Å²) in [6.45, 7) is 2.53. The average molecular weight is 544 g/mol. The zero-order chi connectivity index (χ0) is 21.3. The van der Waals surface area contributed by atoms with Gasteiger partial charge in [0.15, 0.2) is 24.1 Å². The van der Waals surface area contributed by atoms with Crippen molar-refractivity contribution >= 4 is 35.8 Å². The minimum Gasteiger partial charge on any atom is -0.493 e. The quantitative estimate of drug-likeness (QED) is 0.183. The minimum absolute atomic E-state index is 0. The largest absolute Gasteiger partial charge is 0.493 e. The summed E-state index contributed by atoms with van der Waals surface area (Å²) in [6.07, 6.45) is -2.49. The second-order valence-corrected chi connectivity index (χ2v) is 6.58. The Kier molecular flexibility index (Phi) is 11.1. The Morgan fingerprint density at radius 2 is 1.87 bits per heavy atom. The first-order valence-corrected chi connectivity index (χ1v) is 9.48. The van der Waals surface area contributed by atoms with Crippen molar-refractivity contribution in [1.29, 1.82) is 0 Å². The third-order valence-corrected chi connectivity index (χ3v) is 4.05. The van der Waals surface area contributed by atoms with Crippen molar-refractivity contribution in [3.8, 4) is 11.5 Å². The Labute approximate surface area is 191 Å². The van der Waals surface area contributed by atoms with E-state index in [0.717, 1.165) is 18.4 Å². The van der Waals surface area contributed by atoms with Gasteiger partial charge >= 0.3 is 6.18 Å². The summed E-state index contributed by atoms with van der Waals surface area (Å²) in [5.41, 5.74) is 0.750. The van der Waals surface area contributed by atoms with Gasteiger partial charge in [0, 0.05) is 25.6 Å². The number of guanidine groups is 1. The number of alkyl halides is 3. The number of nitrogens with one attached hydrogen (secondary N) is 3. The van der Waals surface area contributed by atoms with Crippen LogP contribution in [0.1, 0.15) is 25.3 Å². The molecule has 0 spiro atoms. The standard InChI is InChI=1S/C19H27F3N4O3.HI/c1-3-23-18(25-9-8-24-17(27)14-5-6-14)26-11-13-4-7-15(16(10-13)28-2)29-12-19(20,21)22;/h4,7,10,14H,3,5-6,8-9,11-12H2,1-2H3,(H,24,27)(H2,23,25,26);1H. The van der Waals surface area contributed by atoms with Crippen LogP contribution in [0.2, 0.25) is 0 Å². The van der Waals surface area contributed by atoms with Crippen LogP contribution in [-0.4, -0.2) is 51.4 Å². The summed E-state index contributed by atoms with van der Waals surface area (Å²) in [7, 11) is 1.37. The van der Waals surface area contributed by atoms with Crippen LogP contribution in [-0.2, 0) is 11.3 Å². The second kappa shape index (κ2) is 12.7. The van der Waals surface area contributed by atoms with Gasteiger partial charge in [0.25, 0.3) is 0 Å². The summed E-state index contributed by atoms with van der Waals surface area (Å²) >= 11 is 0. The zero-order valence-corrected chi connectivity index (χ0v) is 19.3. The van der Waals surface area contributed by atoms with Gasteiger partial charge in [0.05, 0.1) is 13.7 Å². The SMILES string of the molecule is CCNC(=NCc1ccc(OCC(F)(F)F)c(OC)c1)NCCNC(=O)C1CC1.I. The third-order valence-electron chi connectivity index (χ3n) is 4.05. The van der Waals surface area contributed by atoms with Gasteiger partial charge in [-0.2, -0.15) is 13.2 Å². The van der Waals surface area contributed by atoms with Crippen molar-refractivity contribution in [2.24, 2.45) is 10.9 Å². The molecule has 0 bridgehead atoms. The van der Waals surface area contributed by atoms with E-state index in [1.54, 1.807) is 12.1 Å². The molecule has 7 nitrogen and oxygen atoms in total. The second-order valence-electron chi connectivity index (χ2n) is 6.58. The number of ether oxygens (including phenoxy) is 2. The van der Waals surface area contributed by atoms with Gasteiger partial charge in [0.2, 0.25) is 5.91 Å². The molecule has 0 aliphatic heterocycles. The molecule has 0 unspecified atom stereocenters. The van der Waals surface area contributed by atoms with E-state index in [9.17, 15) is 18.0 Å². The molecule has 0 aromatic heterocycles. The molecule has 3 N–H and O–H groups in total. The van der Waals surface area contributed by atoms with Crippen molar-refractivity contribution in [1.82, 2.24) is 16.0 Å². The van der Waals surface area contributed by atoms with Crippen LogP contribution in [0.15, 0.2) is 23.2 Å². The first-order valence-electron chi connectivity index (χ1n) is 9.48. The number of nitrogens with zero attached hydrogens (tertiary/aromatic N) is 1. The molecule has 11 heteroatoms. The topological polar surface area (TPSA) is 84.0 Å². The first-order chi connectivity index (χ1) is 13.8. The number of halogens is 4. The van der Waals surface area contributed by atoms with Gasteiger partial charge in [-0.05, 0) is 37.5 Å². The van der Waals surface area contributed by atoms with Crippen LogP contribution in [0.5, 0.6) is 11.5 Å². The van der Waals surface area contributed by atoms with Crippen molar-refractivity contribution in [3.05, 3.63) is 23.8 Å². The van der Waals surface area contributed by atoms with E-state index in [0.29, 0.717) is 32.1 Å². The predicted molar refractivity (Wildman–Crippen MR) is 119 cm³/mol. The van der Waals surface area contributed by atoms with Crippen LogP contribution in [0, 0.1) is 5.92 Å². The fraction of sp³-hybridized carbons (Fsp3) is 0.579. The summed E-state index contributed by atoms with van der Waals surface area (Å²) in [5, 5.41) is 9.09. The lowest BCUT2D eigenvalue weighted by molar-refractivity contribution is -0.153. The smallest absolute Gasteiger partial charge is 0.422 e. The lowest BCUT2D eigenvalue weighted by atomic mass is 10.2. The molecule has 0 atom stereocenters. The van der Waals surface area contributed by atoms with E-state index in [2.05, 4.69) is 20.9 Å². The number of rotatable bonds is 10. The molecule has 2 rings (SSSR count). The van der Waals surface area contributed by atoms with Crippen LogP contribution < -0.4 is 25.4 Å². The first kappa shape index (κ1) is 26.1.